The normalized spacial score (nSPS) is 13.6. The molecule has 1 aromatic carbocycles. The molecule has 0 bridgehead atoms. The number of hydrogen-bond acceptors (Lipinski definition) is 9. The summed E-state index contributed by atoms with van der Waals surface area (Å²) in [7, 11) is 0. The molecule has 3 aromatic heterocycles. The molecule has 1 aliphatic carbocycles. The summed E-state index contributed by atoms with van der Waals surface area (Å²) in [5, 5.41) is 30.7. The van der Waals surface area contributed by atoms with Gasteiger partial charge in [0.1, 0.15) is 5.82 Å². The lowest BCUT2D eigenvalue weighted by Crippen LogP contribution is -2.03. The van der Waals surface area contributed by atoms with E-state index < -0.39 is 4.92 Å². The first-order valence-corrected chi connectivity index (χ1v) is 11.2. The molecule has 3 heterocycles. The predicted octanol–water partition coefficient (Wildman–Crippen LogP) is 4.52. The highest BCUT2D eigenvalue weighted by molar-refractivity contribution is 7.98. The second-order valence-electron chi connectivity index (χ2n) is 6.85. The Kier molecular flexibility index (Phi) is 5.05. The zero-order valence-electron chi connectivity index (χ0n) is 15.7. The average Bonchev–Trinajstić information content (AvgIpc) is 3.14. The maximum Gasteiger partial charge on any atom is 0.269 e. The van der Waals surface area contributed by atoms with Crippen LogP contribution in [0.2, 0.25) is 0 Å². The fourth-order valence-corrected chi connectivity index (χ4v) is 4.64. The molecule has 1 saturated carbocycles. The molecule has 0 aliphatic heterocycles. The number of nitro benzene ring substituents is 1. The molecule has 0 radical (unpaired) electrons. The van der Waals surface area contributed by atoms with E-state index >= 15 is 0 Å². The van der Waals surface area contributed by atoms with Crippen molar-refractivity contribution in [3.63, 3.8) is 0 Å². The van der Waals surface area contributed by atoms with Crippen LogP contribution in [0.25, 0.3) is 11.5 Å². The van der Waals surface area contributed by atoms with Crippen molar-refractivity contribution >= 4 is 28.8 Å². The maximum atomic E-state index is 10.8. The second-order valence-corrected chi connectivity index (χ2v) is 8.82. The van der Waals surface area contributed by atoms with Crippen LogP contribution in [-0.4, -0.2) is 29.9 Å². The number of thiophene rings is 1. The van der Waals surface area contributed by atoms with Crippen LogP contribution in [0, 0.1) is 10.1 Å². The van der Waals surface area contributed by atoms with E-state index in [1.54, 1.807) is 23.5 Å². The van der Waals surface area contributed by atoms with Gasteiger partial charge in [-0.3, -0.25) is 10.1 Å². The number of aromatic nitrogens is 5. The first-order valence-electron chi connectivity index (χ1n) is 9.33. The predicted molar refractivity (Wildman–Crippen MR) is 111 cm³/mol. The highest BCUT2D eigenvalue weighted by Crippen LogP contribution is 2.39. The minimum Gasteiger partial charge on any atom is -0.420 e. The van der Waals surface area contributed by atoms with Crippen LogP contribution in [0.1, 0.15) is 35.5 Å². The van der Waals surface area contributed by atoms with E-state index in [4.69, 9.17) is 4.42 Å². The van der Waals surface area contributed by atoms with E-state index in [9.17, 15) is 10.1 Å². The van der Waals surface area contributed by atoms with Gasteiger partial charge in [0, 0.05) is 35.0 Å². The fraction of sp³-hybridized carbons (Fsp3) is 0.263. The molecule has 0 atom stereocenters. The van der Waals surface area contributed by atoms with Gasteiger partial charge in [0.25, 0.3) is 5.69 Å². The lowest BCUT2D eigenvalue weighted by molar-refractivity contribution is -0.384. The standard InChI is InChI=1S/C19H16N6O3S2/c26-25(27)14-5-3-12(4-6-14)18-22-21-17(28-18)11-30-19-23-20-16(24(19)13-7-8-13)10-15-2-1-9-29-15/h1-6,9,13H,7-8,10-11H2. The second kappa shape index (κ2) is 8.00. The minimum atomic E-state index is -0.442. The van der Waals surface area contributed by atoms with Crippen molar-refractivity contribution < 1.29 is 9.34 Å². The van der Waals surface area contributed by atoms with Gasteiger partial charge in [0.2, 0.25) is 11.8 Å². The zero-order valence-corrected chi connectivity index (χ0v) is 17.3. The largest absolute Gasteiger partial charge is 0.420 e. The molecule has 30 heavy (non-hydrogen) atoms. The molecule has 0 unspecified atom stereocenters. The topological polar surface area (TPSA) is 113 Å². The van der Waals surface area contributed by atoms with Gasteiger partial charge in [-0.25, -0.2) is 0 Å². The number of nitrogens with zero attached hydrogens (tertiary/aromatic N) is 6. The van der Waals surface area contributed by atoms with Gasteiger partial charge >= 0.3 is 0 Å². The van der Waals surface area contributed by atoms with E-state index in [-0.39, 0.29) is 5.69 Å². The Morgan fingerprint density at radius 1 is 1.17 bits per heavy atom. The molecule has 4 aromatic rings. The lowest BCUT2D eigenvalue weighted by atomic mass is 10.2. The van der Waals surface area contributed by atoms with Crippen molar-refractivity contribution in [1.82, 2.24) is 25.0 Å². The van der Waals surface area contributed by atoms with Crippen molar-refractivity contribution in [3.8, 4) is 11.5 Å². The summed E-state index contributed by atoms with van der Waals surface area (Å²) in [6.45, 7) is 0. The van der Waals surface area contributed by atoms with Crippen molar-refractivity contribution in [2.75, 3.05) is 0 Å². The monoisotopic (exact) mass is 440 g/mol. The van der Waals surface area contributed by atoms with Gasteiger partial charge in [-0.1, -0.05) is 17.8 Å². The third-order valence-corrected chi connectivity index (χ3v) is 6.48. The Morgan fingerprint density at radius 3 is 2.70 bits per heavy atom. The number of hydrogen-bond donors (Lipinski definition) is 0. The van der Waals surface area contributed by atoms with Gasteiger partial charge in [0.15, 0.2) is 5.16 Å². The van der Waals surface area contributed by atoms with Gasteiger partial charge in [-0.2, -0.15) is 0 Å². The molecule has 152 valence electrons. The van der Waals surface area contributed by atoms with Crippen LogP contribution in [0.5, 0.6) is 0 Å². The van der Waals surface area contributed by atoms with Crippen molar-refractivity contribution in [2.24, 2.45) is 0 Å². The molecular formula is C19H16N6O3S2. The Labute approximate surface area is 179 Å². The quantitative estimate of drug-likeness (QED) is 0.223. The van der Waals surface area contributed by atoms with Crippen LogP contribution < -0.4 is 0 Å². The summed E-state index contributed by atoms with van der Waals surface area (Å²) >= 11 is 3.25. The van der Waals surface area contributed by atoms with E-state index in [0.717, 1.165) is 30.2 Å². The van der Waals surface area contributed by atoms with E-state index in [1.807, 2.05) is 6.07 Å². The first kappa shape index (κ1) is 18.9. The average molecular weight is 441 g/mol. The van der Waals surface area contributed by atoms with Gasteiger partial charge in [-0.05, 0) is 36.4 Å². The van der Waals surface area contributed by atoms with E-state index in [0.29, 0.717) is 29.1 Å². The molecular weight excluding hydrogens is 424 g/mol. The van der Waals surface area contributed by atoms with Gasteiger partial charge in [0.05, 0.1) is 10.7 Å². The van der Waals surface area contributed by atoms with Crippen LogP contribution in [-0.2, 0) is 12.2 Å². The Morgan fingerprint density at radius 2 is 2.00 bits per heavy atom. The lowest BCUT2D eigenvalue weighted by Gasteiger charge is -2.07. The van der Waals surface area contributed by atoms with E-state index in [2.05, 4.69) is 36.4 Å². The molecule has 5 rings (SSSR count). The summed E-state index contributed by atoms with van der Waals surface area (Å²) in [5.41, 5.74) is 0.663. The number of thioether (sulfide) groups is 1. The van der Waals surface area contributed by atoms with Crippen molar-refractivity contribution in [1.29, 1.82) is 0 Å². The molecule has 0 amide bonds. The van der Waals surface area contributed by atoms with Crippen LogP contribution in [0.3, 0.4) is 0 Å². The zero-order chi connectivity index (χ0) is 20.5. The SMILES string of the molecule is O=[N+]([O-])c1ccc(-c2nnc(CSc3nnc(Cc4cccs4)n3C3CC3)o2)cc1. The highest BCUT2D eigenvalue weighted by Gasteiger charge is 2.30. The summed E-state index contributed by atoms with van der Waals surface area (Å²) in [6.07, 6.45) is 3.08. The van der Waals surface area contributed by atoms with Gasteiger partial charge < -0.3 is 8.98 Å². The number of benzene rings is 1. The van der Waals surface area contributed by atoms with Crippen molar-refractivity contribution in [2.45, 2.75) is 36.2 Å². The van der Waals surface area contributed by atoms with Crippen LogP contribution >= 0.6 is 23.1 Å². The number of non-ortho nitro benzene ring substituents is 1. The Hall–Kier alpha value is -3.05. The third kappa shape index (κ3) is 3.98. The molecule has 1 aliphatic rings. The first-order chi connectivity index (χ1) is 14.7. The summed E-state index contributed by atoms with van der Waals surface area (Å²) in [6, 6.07) is 10.7. The molecule has 9 nitrogen and oxygen atoms in total. The van der Waals surface area contributed by atoms with Crippen molar-refractivity contribution in [3.05, 3.63) is 68.5 Å². The Balaban J connectivity index is 1.29. The third-order valence-electron chi connectivity index (χ3n) is 4.68. The molecule has 0 saturated heterocycles. The molecule has 0 N–H and O–H groups in total. The fourth-order valence-electron chi connectivity index (χ4n) is 3.08. The summed E-state index contributed by atoms with van der Waals surface area (Å²) < 4.78 is 7.97. The highest BCUT2D eigenvalue weighted by atomic mass is 32.2. The van der Waals surface area contributed by atoms with E-state index in [1.165, 1.54) is 28.8 Å². The smallest absolute Gasteiger partial charge is 0.269 e. The maximum absolute atomic E-state index is 10.8. The Bertz CT molecular complexity index is 1170. The number of rotatable bonds is 8. The minimum absolute atomic E-state index is 0.0202. The summed E-state index contributed by atoms with van der Waals surface area (Å²) in [5.74, 6) is 2.27. The summed E-state index contributed by atoms with van der Waals surface area (Å²) in [4.78, 5) is 11.6. The van der Waals surface area contributed by atoms with Gasteiger partial charge in [-0.15, -0.1) is 31.7 Å². The molecule has 0 spiro atoms. The van der Waals surface area contributed by atoms with Crippen LogP contribution in [0.4, 0.5) is 5.69 Å². The molecule has 1 fully saturated rings. The number of nitro groups is 1. The molecule has 11 heteroatoms. The van der Waals surface area contributed by atoms with Crippen LogP contribution in [0.15, 0.2) is 51.4 Å².